The highest BCUT2D eigenvalue weighted by molar-refractivity contribution is 7.98. The molecule has 0 aliphatic rings. The fraction of sp³-hybridized carbons (Fsp3) is 0.133. The van der Waals surface area contributed by atoms with E-state index in [-0.39, 0.29) is 21.4 Å². The summed E-state index contributed by atoms with van der Waals surface area (Å²) in [5, 5.41) is 0.159. The van der Waals surface area contributed by atoms with Crippen molar-refractivity contribution < 1.29 is 13.2 Å². The average molecular weight is 372 g/mol. The highest BCUT2D eigenvalue weighted by Gasteiger charge is 2.31. The topological polar surface area (TPSA) is 47.3 Å². The van der Waals surface area contributed by atoms with Gasteiger partial charge in [-0.3, -0.25) is 9.20 Å². The second-order valence-corrected chi connectivity index (χ2v) is 6.18. The molecule has 0 saturated heterocycles. The van der Waals surface area contributed by atoms with Gasteiger partial charge in [0.15, 0.2) is 0 Å². The van der Waals surface area contributed by atoms with Crippen molar-refractivity contribution in [1.82, 2.24) is 14.4 Å². The summed E-state index contributed by atoms with van der Waals surface area (Å²) in [6, 6.07) is 7.37. The number of thioether (sulfide) groups is 1. The normalized spacial score (nSPS) is 11.8. The van der Waals surface area contributed by atoms with Gasteiger partial charge in [0.25, 0.3) is 5.56 Å². The smallest absolute Gasteiger partial charge is 0.269 e. The molecule has 0 N–H and O–H groups in total. The zero-order valence-corrected chi connectivity index (χ0v) is 13.5. The monoisotopic (exact) mass is 371 g/mol. The van der Waals surface area contributed by atoms with E-state index in [9.17, 15) is 18.0 Å². The molecule has 3 aromatic rings. The lowest BCUT2D eigenvalue weighted by atomic mass is 10.3. The van der Waals surface area contributed by atoms with Gasteiger partial charge in [-0.2, -0.15) is 13.2 Å². The fourth-order valence-corrected chi connectivity index (χ4v) is 3.09. The van der Waals surface area contributed by atoms with E-state index in [0.717, 1.165) is 24.0 Å². The number of aromatic nitrogens is 3. The summed E-state index contributed by atoms with van der Waals surface area (Å²) in [5.41, 5.74) is -0.150. The third-order valence-electron chi connectivity index (χ3n) is 3.12. The zero-order chi connectivity index (χ0) is 17.3. The van der Waals surface area contributed by atoms with Gasteiger partial charge in [-0.05, 0) is 18.2 Å². The summed E-state index contributed by atoms with van der Waals surface area (Å²) in [6.45, 7) is 0. The fourth-order valence-electron chi connectivity index (χ4n) is 2.01. The molecule has 3 heterocycles. The van der Waals surface area contributed by atoms with E-state index < -0.39 is 11.7 Å². The molecule has 24 heavy (non-hydrogen) atoms. The maximum atomic E-state index is 12.6. The van der Waals surface area contributed by atoms with Crippen LogP contribution in [0.2, 0.25) is 5.02 Å². The number of nitrogens with zero attached hydrogens (tertiary/aromatic N) is 3. The molecule has 0 amide bonds. The molecule has 9 heteroatoms. The molecule has 3 rings (SSSR count). The van der Waals surface area contributed by atoms with E-state index >= 15 is 0 Å². The maximum absolute atomic E-state index is 12.6. The van der Waals surface area contributed by atoms with Crippen LogP contribution < -0.4 is 5.56 Å². The largest absolute Gasteiger partial charge is 0.417 e. The third kappa shape index (κ3) is 3.54. The lowest BCUT2D eigenvalue weighted by molar-refractivity contribution is -0.137. The van der Waals surface area contributed by atoms with E-state index in [1.165, 1.54) is 10.5 Å². The van der Waals surface area contributed by atoms with E-state index in [2.05, 4.69) is 9.97 Å². The zero-order valence-electron chi connectivity index (χ0n) is 11.9. The molecule has 0 saturated carbocycles. The molecular formula is C15H9ClF3N3OS. The van der Waals surface area contributed by atoms with Crippen molar-refractivity contribution in [2.75, 3.05) is 0 Å². The molecule has 0 aromatic carbocycles. The summed E-state index contributed by atoms with van der Waals surface area (Å²) >= 11 is 6.97. The Kier molecular flexibility index (Phi) is 4.51. The first-order chi connectivity index (χ1) is 11.3. The Bertz CT molecular complexity index is 959. The van der Waals surface area contributed by atoms with Gasteiger partial charge in [0.2, 0.25) is 0 Å². The molecule has 0 spiro atoms. The molecule has 0 radical (unpaired) electrons. The van der Waals surface area contributed by atoms with Crippen molar-refractivity contribution in [2.24, 2.45) is 0 Å². The van der Waals surface area contributed by atoms with E-state index in [0.29, 0.717) is 11.3 Å². The van der Waals surface area contributed by atoms with Gasteiger partial charge in [-0.15, -0.1) is 0 Å². The molecule has 0 atom stereocenters. The van der Waals surface area contributed by atoms with Crippen LogP contribution in [0.3, 0.4) is 0 Å². The minimum Gasteiger partial charge on any atom is -0.269 e. The second kappa shape index (κ2) is 6.45. The Morgan fingerprint density at radius 2 is 2.04 bits per heavy atom. The maximum Gasteiger partial charge on any atom is 0.417 e. The molecule has 0 bridgehead atoms. The van der Waals surface area contributed by atoms with Crippen LogP contribution in [-0.4, -0.2) is 14.4 Å². The minimum absolute atomic E-state index is 0.0904. The molecule has 0 aliphatic heterocycles. The summed E-state index contributed by atoms with van der Waals surface area (Å²) < 4.78 is 39.2. The average Bonchev–Trinajstić information content (AvgIpc) is 2.53. The van der Waals surface area contributed by atoms with Gasteiger partial charge in [0.05, 0.1) is 16.3 Å². The highest BCUT2D eigenvalue weighted by atomic mass is 35.5. The Morgan fingerprint density at radius 1 is 1.25 bits per heavy atom. The number of halogens is 4. The van der Waals surface area contributed by atoms with Crippen LogP contribution >= 0.6 is 23.4 Å². The molecule has 0 aliphatic carbocycles. The van der Waals surface area contributed by atoms with Crippen molar-refractivity contribution in [3.63, 3.8) is 0 Å². The number of pyridine rings is 2. The number of fused-ring (bicyclic) bond motifs is 1. The highest BCUT2D eigenvalue weighted by Crippen LogP contribution is 2.34. The first-order valence-corrected chi connectivity index (χ1v) is 8.04. The van der Waals surface area contributed by atoms with Crippen molar-refractivity contribution >= 4 is 29.0 Å². The molecule has 0 fully saturated rings. The van der Waals surface area contributed by atoms with E-state index in [1.807, 2.05) is 0 Å². The molecular weight excluding hydrogens is 363 g/mol. The van der Waals surface area contributed by atoms with Gasteiger partial charge >= 0.3 is 6.18 Å². The predicted molar refractivity (Wildman–Crippen MR) is 85.3 cm³/mol. The Balaban J connectivity index is 1.82. The van der Waals surface area contributed by atoms with E-state index in [1.54, 1.807) is 24.4 Å². The van der Waals surface area contributed by atoms with Gasteiger partial charge < -0.3 is 0 Å². The summed E-state index contributed by atoms with van der Waals surface area (Å²) in [7, 11) is 0. The molecule has 3 aromatic heterocycles. The standard InChI is InChI=1S/C15H9ClF3N3OS/c16-11-5-9(15(17,18)19)7-20-14(11)24-8-10-6-13(23)22-4-2-1-3-12(22)21-10/h1-7H,8H2. The van der Waals surface area contributed by atoms with Crippen molar-refractivity contribution in [2.45, 2.75) is 17.0 Å². The van der Waals surface area contributed by atoms with Crippen molar-refractivity contribution in [3.05, 3.63) is 69.4 Å². The van der Waals surface area contributed by atoms with E-state index in [4.69, 9.17) is 11.6 Å². The quantitative estimate of drug-likeness (QED) is 0.651. The Morgan fingerprint density at radius 3 is 2.75 bits per heavy atom. The SMILES string of the molecule is O=c1cc(CSc2ncc(C(F)(F)F)cc2Cl)nc2ccccn12. The summed E-state index contributed by atoms with van der Waals surface area (Å²) in [4.78, 5) is 20.1. The van der Waals surface area contributed by atoms with Crippen LogP contribution in [0.5, 0.6) is 0 Å². The van der Waals surface area contributed by atoms with Crippen molar-refractivity contribution in [3.8, 4) is 0 Å². The molecule has 0 unspecified atom stereocenters. The van der Waals surface area contributed by atoms with Crippen LogP contribution in [0.15, 0.2) is 52.5 Å². The third-order valence-corrected chi connectivity index (χ3v) is 4.55. The van der Waals surface area contributed by atoms with Crippen LogP contribution in [0.25, 0.3) is 5.65 Å². The minimum atomic E-state index is -4.49. The van der Waals surface area contributed by atoms with Crippen molar-refractivity contribution in [1.29, 1.82) is 0 Å². The van der Waals surface area contributed by atoms with Gasteiger partial charge in [0, 0.05) is 24.2 Å². The number of hydrogen-bond acceptors (Lipinski definition) is 4. The van der Waals surface area contributed by atoms with Gasteiger partial charge in [-0.1, -0.05) is 29.4 Å². The lowest BCUT2D eigenvalue weighted by Gasteiger charge is -2.09. The van der Waals surface area contributed by atoms with Gasteiger partial charge in [0.1, 0.15) is 10.7 Å². The lowest BCUT2D eigenvalue weighted by Crippen LogP contribution is -2.14. The summed E-state index contributed by atoms with van der Waals surface area (Å²) in [6.07, 6.45) is -2.15. The van der Waals surface area contributed by atoms with Crippen LogP contribution in [-0.2, 0) is 11.9 Å². The Hall–Kier alpha value is -2.06. The van der Waals surface area contributed by atoms with Crippen LogP contribution in [0, 0.1) is 0 Å². The van der Waals surface area contributed by atoms with Gasteiger partial charge in [-0.25, -0.2) is 9.97 Å². The molecule has 4 nitrogen and oxygen atoms in total. The van der Waals surface area contributed by atoms with Crippen LogP contribution in [0.4, 0.5) is 13.2 Å². The first kappa shape index (κ1) is 16.8. The predicted octanol–water partition coefficient (Wildman–Crippen LogP) is 4.05. The number of alkyl halides is 3. The number of rotatable bonds is 3. The Labute approximate surface area is 143 Å². The molecule has 124 valence electrons. The first-order valence-electron chi connectivity index (χ1n) is 6.67. The van der Waals surface area contributed by atoms with Crippen LogP contribution in [0.1, 0.15) is 11.3 Å². The number of hydrogen-bond donors (Lipinski definition) is 0. The second-order valence-electron chi connectivity index (χ2n) is 4.81. The summed E-state index contributed by atoms with van der Waals surface area (Å²) in [5.74, 6) is 0.263.